The van der Waals surface area contributed by atoms with E-state index in [1.807, 2.05) is 88.4 Å². The standard InChI is InChI=1S/C42H30F3N3/c1-24-8-12-36-31(16-24)32-17-25(2)9-13-37(32)47(36)40-22-41(35(42(43,44)45)21-30(40)29-7-5-6-28(20-29)23-46)48-38-14-10-26(3)18-33(38)34-19-27(4)11-15-39(34)48/h5-22H,1-4H3. The fourth-order valence-corrected chi connectivity index (χ4v) is 7.18. The number of nitrogens with zero attached hydrogens (tertiary/aromatic N) is 3. The van der Waals surface area contributed by atoms with Gasteiger partial charge in [-0.3, -0.25) is 0 Å². The van der Waals surface area contributed by atoms with Crippen molar-refractivity contribution in [2.24, 2.45) is 0 Å². The minimum atomic E-state index is -4.68. The molecule has 8 aromatic rings. The quantitative estimate of drug-likeness (QED) is 0.191. The Balaban J connectivity index is 1.59. The smallest absolute Gasteiger partial charge is 0.309 e. The van der Waals surface area contributed by atoms with Gasteiger partial charge in [-0.25, -0.2) is 0 Å². The molecule has 0 unspecified atom stereocenters. The number of halogens is 3. The second-order valence-electron chi connectivity index (χ2n) is 12.8. The Morgan fingerprint density at radius 3 is 1.38 bits per heavy atom. The van der Waals surface area contributed by atoms with Gasteiger partial charge in [-0.05, 0) is 106 Å². The van der Waals surface area contributed by atoms with Crippen molar-refractivity contribution in [3.8, 4) is 28.6 Å². The lowest BCUT2D eigenvalue weighted by Gasteiger charge is -2.22. The van der Waals surface area contributed by atoms with Crippen LogP contribution in [0.4, 0.5) is 13.2 Å². The third kappa shape index (κ3) is 4.57. The molecule has 0 amide bonds. The summed E-state index contributed by atoms with van der Waals surface area (Å²) in [4.78, 5) is 0. The summed E-state index contributed by atoms with van der Waals surface area (Å²) in [5.41, 5.74) is 8.59. The molecule has 0 aliphatic carbocycles. The normalized spacial score (nSPS) is 12.0. The highest BCUT2D eigenvalue weighted by Crippen LogP contribution is 2.45. The molecule has 3 nitrogen and oxygen atoms in total. The molecule has 8 rings (SSSR count). The monoisotopic (exact) mass is 633 g/mol. The number of hydrogen-bond acceptors (Lipinski definition) is 1. The van der Waals surface area contributed by atoms with Gasteiger partial charge in [-0.15, -0.1) is 0 Å². The van der Waals surface area contributed by atoms with E-state index in [-0.39, 0.29) is 5.69 Å². The lowest BCUT2D eigenvalue weighted by Crippen LogP contribution is -2.13. The molecule has 48 heavy (non-hydrogen) atoms. The summed E-state index contributed by atoms with van der Waals surface area (Å²) in [6.07, 6.45) is -4.68. The SMILES string of the molecule is Cc1ccc2c(c1)c1cc(C)ccc1n2-c1cc(-n2c3ccc(C)cc3c3cc(C)ccc32)c(C(F)(F)F)cc1-c1cccc(C#N)c1. The van der Waals surface area contributed by atoms with Gasteiger partial charge in [0.2, 0.25) is 0 Å². The maximum atomic E-state index is 15.4. The Morgan fingerprint density at radius 1 is 0.521 bits per heavy atom. The number of hydrogen-bond donors (Lipinski definition) is 0. The molecular weight excluding hydrogens is 603 g/mol. The molecular formula is C42H30F3N3. The van der Waals surface area contributed by atoms with Crippen molar-refractivity contribution in [1.29, 1.82) is 5.26 Å². The zero-order chi connectivity index (χ0) is 33.5. The number of benzene rings is 6. The Bertz CT molecular complexity index is 2540. The second kappa shape index (κ2) is 10.6. The molecule has 0 aliphatic rings. The molecule has 234 valence electrons. The van der Waals surface area contributed by atoms with Gasteiger partial charge in [0.1, 0.15) is 0 Å². The van der Waals surface area contributed by atoms with Gasteiger partial charge >= 0.3 is 6.18 Å². The highest BCUT2D eigenvalue weighted by Gasteiger charge is 2.36. The summed E-state index contributed by atoms with van der Waals surface area (Å²) in [6.45, 7) is 8.07. The highest BCUT2D eigenvalue weighted by molar-refractivity contribution is 6.11. The zero-order valence-electron chi connectivity index (χ0n) is 26.9. The number of aryl methyl sites for hydroxylation is 4. The molecule has 0 spiro atoms. The zero-order valence-corrected chi connectivity index (χ0v) is 26.9. The molecule has 0 atom stereocenters. The molecule has 0 fully saturated rings. The number of rotatable bonds is 3. The fraction of sp³-hybridized carbons (Fsp3) is 0.119. The summed E-state index contributed by atoms with van der Waals surface area (Å²) < 4.78 is 50.0. The summed E-state index contributed by atoms with van der Waals surface area (Å²) >= 11 is 0. The van der Waals surface area contributed by atoms with Crippen LogP contribution in [0.5, 0.6) is 0 Å². The van der Waals surface area contributed by atoms with Crippen molar-refractivity contribution in [3.63, 3.8) is 0 Å². The molecule has 0 N–H and O–H groups in total. The van der Waals surface area contributed by atoms with Crippen LogP contribution in [0, 0.1) is 39.0 Å². The van der Waals surface area contributed by atoms with Gasteiger partial charge in [0.25, 0.3) is 0 Å². The van der Waals surface area contributed by atoms with E-state index >= 15 is 13.2 Å². The van der Waals surface area contributed by atoms with E-state index in [2.05, 4.69) is 22.8 Å². The molecule has 2 aromatic heterocycles. The Kier molecular flexibility index (Phi) is 6.54. The van der Waals surface area contributed by atoms with E-state index in [0.717, 1.165) is 54.8 Å². The summed E-state index contributed by atoms with van der Waals surface area (Å²) in [7, 11) is 0. The maximum Gasteiger partial charge on any atom is 0.418 e. The van der Waals surface area contributed by atoms with E-state index in [4.69, 9.17) is 0 Å². The molecule has 6 heteroatoms. The topological polar surface area (TPSA) is 33.6 Å². The minimum absolute atomic E-state index is 0.0413. The molecule has 6 aromatic carbocycles. The van der Waals surface area contributed by atoms with Gasteiger partial charge < -0.3 is 9.13 Å². The highest BCUT2D eigenvalue weighted by atomic mass is 19.4. The number of aromatic nitrogens is 2. The van der Waals surface area contributed by atoms with Crippen molar-refractivity contribution < 1.29 is 13.2 Å². The van der Waals surface area contributed by atoms with Crippen LogP contribution in [-0.4, -0.2) is 9.13 Å². The number of alkyl halides is 3. The Labute approximate surface area is 275 Å². The first-order valence-corrected chi connectivity index (χ1v) is 15.8. The van der Waals surface area contributed by atoms with Crippen molar-refractivity contribution >= 4 is 43.6 Å². The second-order valence-corrected chi connectivity index (χ2v) is 12.8. The van der Waals surface area contributed by atoms with Crippen molar-refractivity contribution in [1.82, 2.24) is 9.13 Å². The molecule has 0 bridgehead atoms. The lowest BCUT2D eigenvalue weighted by molar-refractivity contribution is -0.137. The largest absolute Gasteiger partial charge is 0.418 e. The summed E-state index contributed by atoms with van der Waals surface area (Å²) in [5, 5.41) is 13.6. The first-order valence-electron chi connectivity index (χ1n) is 15.8. The average molecular weight is 634 g/mol. The van der Waals surface area contributed by atoms with Gasteiger partial charge in [0, 0.05) is 27.1 Å². The van der Waals surface area contributed by atoms with Crippen molar-refractivity contribution in [2.45, 2.75) is 33.9 Å². The predicted molar refractivity (Wildman–Crippen MR) is 189 cm³/mol. The van der Waals surface area contributed by atoms with E-state index in [1.54, 1.807) is 34.9 Å². The minimum Gasteiger partial charge on any atom is -0.309 e. The van der Waals surface area contributed by atoms with Gasteiger partial charge in [-0.1, -0.05) is 58.7 Å². The first kappa shape index (κ1) is 29.6. The van der Waals surface area contributed by atoms with Crippen LogP contribution < -0.4 is 0 Å². The molecule has 0 saturated carbocycles. The van der Waals surface area contributed by atoms with Crippen LogP contribution in [0.15, 0.2) is 109 Å². The fourth-order valence-electron chi connectivity index (χ4n) is 7.18. The molecule has 0 saturated heterocycles. The number of nitriles is 1. The van der Waals surface area contributed by atoms with E-state index in [1.165, 1.54) is 6.07 Å². The lowest BCUT2D eigenvalue weighted by atomic mass is 9.97. The van der Waals surface area contributed by atoms with Gasteiger partial charge in [-0.2, -0.15) is 18.4 Å². The van der Waals surface area contributed by atoms with Gasteiger partial charge in [0.15, 0.2) is 0 Å². The first-order chi connectivity index (χ1) is 23.0. The molecule has 2 heterocycles. The van der Waals surface area contributed by atoms with Crippen LogP contribution in [-0.2, 0) is 6.18 Å². The maximum absolute atomic E-state index is 15.4. The summed E-state index contributed by atoms with van der Waals surface area (Å²) in [5.74, 6) is 0. The van der Waals surface area contributed by atoms with E-state index in [9.17, 15) is 5.26 Å². The Hall–Kier alpha value is -5.80. The van der Waals surface area contributed by atoms with Crippen LogP contribution in [0.1, 0.15) is 33.4 Å². The molecule has 0 aliphatic heterocycles. The van der Waals surface area contributed by atoms with Crippen LogP contribution in [0.3, 0.4) is 0 Å². The third-order valence-corrected chi connectivity index (χ3v) is 9.36. The predicted octanol–water partition coefficient (Wildman–Crippen LogP) is 11.7. The van der Waals surface area contributed by atoms with Crippen molar-refractivity contribution in [2.75, 3.05) is 0 Å². The van der Waals surface area contributed by atoms with Crippen LogP contribution in [0.25, 0.3) is 66.1 Å². The van der Waals surface area contributed by atoms with Crippen molar-refractivity contribution in [3.05, 3.63) is 143 Å². The van der Waals surface area contributed by atoms with Crippen LogP contribution in [0.2, 0.25) is 0 Å². The Morgan fingerprint density at radius 2 is 0.958 bits per heavy atom. The van der Waals surface area contributed by atoms with E-state index in [0.29, 0.717) is 33.4 Å². The summed E-state index contributed by atoms with van der Waals surface area (Å²) in [6, 6.07) is 36.1. The third-order valence-electron chi connectivity index (χ3n) is 9.36. The molecule has 0 radical (unpaired) electrons. The van der Waals surface area contributed by atoms with Crippen LogP contribution >= 0.6 is 0 Å². The number of fused-ring (bicyclic) bond motifs is 6. The van der Waals surface area contributed by atoms with E-state index < -0.39 is 11.7 Å². The average Bonchev–Trinajstić information content (AvgIpc) is 3.54. The van der Waals surface area contributed by atoms with Gasteiger partial charge in [0.05, 0.1) is 50.6 Å².